The summed E-state index contributed by atoms with van der Waals surface area (Å²) in [6.45, 7) is 9.03. The van der Waals surface area contributed by atoms with Crippen LogP contribution in [0.2, 0.25) is 0 Å². The minimum atomic E-state index is 0. The predicted molar refractivity (Wildman–Crippen MR) is 61.5 cm³/mol. The van der Waals surface area contributed by atoms with E-state index in [4.69, 9.17) is 0 Å². The summed E-state index contributed by atoms with van der Waals surface area (Å²) in [5, 5.41) is 0. The van der Waals surface area contributed by atoms with Crippen molar-refractivity contribution in [3.05, 3.63) is 29.3 Å². The first-order valence-electron chi connectivity index (χ1n) is 4.88. The Kier molecular flexibility index (Phi) is 6.05. The third kappa shape index (κ3) is 3.12. The Balaban J connectivity index is 0.00000169. The topological polar surface area (TPSA) is 0 Å². The van der Waals surface area contributed by atoms with Crippen molar-refractivity contribution in [1.82, 2.24) is 0 Å². The number of hydrogen-bond acceptors (Lipinski definition) is 0. The molecule has 0 unspecified atom stereocenters. The molecule has 1 aromatic carbocycles. The molecule has 0 aliphatic rings. The second kappa shape index (κ2) is 5.95. The van der Waals surface area contributed by atoms with Gasteiger partial charge in [0.1, 0.15) is 0 Å². The standard InChI is InChI=1S/C12H17.ClH.Ti/c1-9(2)11-6-5-7-12(8-11)10(3)4;;/h5-7,9-10H,1-4H3;1H;. The van der Waals surface area contributed by atoms with E-state index in [-0.39, 0.29) is 12.4 Å². The van der Waals surface area contributed by atoms with Crippen LogP contribution in [0.25, 0.3) is 0 Å². The van der Waals surface area contributed by atoms with Crippen molar-refractivity contribution in [3.8, 4) is 0 Å². The molecule has 0 aromatic heterocycles. The second-order valence-electron chi connectivity index (χ2n) is 4.12. The Labute approximate surface area is 105 Å². The molecule has 0 nitrogen and oxygen atoms in total. The molecule has 0 aliphatic carbocycles. The van der Waals surface area contributed by atoms with Gasteiger partial charge in [-0.05, 0) is 0 Å². The van der Waals surface area contributed by atoms with E-state index in [1.165, 1.54) is 15.0 Å². The van der Waals surface area contributed by atoms with Gasteiger partial charge in [0.25, 0.3) is 0 Å². The molecule has 0 spiro atoms. The SMILES string of the molecule is CC(C)c1cccc(C(C)C)[c]1[Ti].Cl. The van der Waals surface area contributed by atoms with Crippen molar-refractivity contribution in [3.63, 3.8) is 0 Å². The minimum Gasteiger partial charge on any atom is -0.147 e. The van der Waals surface area contributed by atoms with Crippen molar-refractivity contribution in [2.75, 3.05) is 0 Å². The monoisotopic (exact) mass is 245 g/mol. The maximum atomic E-state index is 2.26. The van der Waals surface area contributed by atoms with Gasteiger partial charge in [0.2, 0.25) is 0 Å². The molecule has 1 aromatic rings. The Morgan fingerprint density at radius 1 is 0.929 bits per heavy atom. The molecule has 14 heavy (non-hydrogen) atoms. The van der Waals surface area contributed by atoms with Gasteiger partial charge in [0.15, 0.2) is 0 Å². The molecular formula is C12H18ClTi. The molecule has 0 N–H and O–H groups in total. The Hall–Kier alpha value is 0.224. The molecule has 0 saturated carbocycles. The summed E-state index contributed by atoms with van der Waals surface area (Å²) in [7, 11) is 0. The third-order valence-electron chi connectivity index (χ3n) is 2.37. The molecule has 77 valence electrons. The molecule has 0 atom stereocenters. The van der Waals surface area contributed by atoms with Gasteiger partial charge in [0, 0.05) is 0 Å². The second-order valence-corrected chi connectivity index (χ2v) is 4.90. The van der Waals surface area contributed by atoms with Gasteiger partial charge in [-0.3, -0.25) is 0 Å². The van der Waals surface area contributed by atoms with Crippen LogP contribution in [-0.4, -0.2) is 0 Å². The Bertz CT molecular complexity index is 266. The smallest absolute Gasteiger partial charge is 0.147 e. The van der Waals surface area contributed by atoms with Crippen molar-refractivity contribution in [2.24, 2.45) is 0 Å². The zero-order valence-electron chi connectivity index (χ0n) is 9.29. The molecule has 2 heteroatoms. The van der Waals surface area contributed by atoms with Crippen LogP contribution in [0.5, 0.6) is 0 Å². The summed E-state index contributed by atoms with van der Waals surface area (Å²) in [6.07, 6.45) is 0. The van der Waals surface area contributed by atoms with Gasteiger partial charge >= 0.3 is 93.2 Å². The molecule has 0 fully saturated rings. The van der Waals surface area contributed by atoms with Crippen LogP contribution < -0.4 is 3.87 Å². The Morgan fingerprint density at radius 2 is 1.29 bits per heavy atom. The van der Waals surface area contributed by atoms with Gasteiger partial charge in [-0.2, -0.15) is 0 Å². The number of halogens is 1. The van der Waals surface area contributed by atoms with Crippen molar-refractivity contribution in [2.45, 2.75) is 39.5 Å². The first kappa shape index (κ1) is 14.2. The average Bonchev–Trinajstić information content (AvgIpc) is 2.03. The quantitative estimate of drug-likeness (QED) is 0.700. The van der Waals surface area contributed by atoms with E-state index in [2.05, 4.69) is 66.3 Å². The molecular weight excluding hydrogens is 227 g/mol. The van der Waals surface area contributed by atoms with Gasteiger partial charge in [-0.1, -0.05) is 0 Å². The zero-order valence-corrected chi connectivity index (χ0v) is 11.7. The van der Waals surface area contributed by atoms with Crippen LogP contribution in [0.15, 0.2) is 18.2 Å². The summed E-state index contributed by atoms with van der Waals surface area (Å²) in [4.78, 5) is 0. The zero-order chi connectivity index (χ0) is 10.0. The van der Waals surface area contributed by atoms with Crippen molar-refractivity contribution >= 4 is 16.3 Å². The van der Waals surface area contributed by atoms with E-state index in [0.29, 0.717) is 11.8 Å². The fourth-order valence-corrected chi connectivity index (χ4v) is 2.71. The van der Waals surface area contributed by atoms with Crippen LogP contribution >= 0.6 is 12.4 Å². The van der Waals surface area contributed by atoms with Gasteiger partial charge in [-0.15, -0.1) is 12.4 Å². The summed E-state index contributed by atoms with van der Waals surface area (Å²) in [6, 6.07) is 6.66. The van der Waals surface area contributed by atoms with E-state index in [1.54, 1.807) is 0 Å². The van der Waals surface area contributed by atoms with Crippen LogP contribution in [0, 0.1) is 0 Å². The van der Waals surface area contributed by atoms with E-state index < -0.39 is 0 Å². The van der Waals surface area contributed by atoms with E-state index in [1.807, 2.05) is 0 Å². The maximum absolute atomic E-state index is 2.26. The number of rotatable bonds is 2. The van der Waals surface area contributed by atoms with Gasteiger partial charge in [-0.25, -0.2) is 0 Å². The van der Waals surface area contributed by atoms with E-state index >= 15 is 0 Å². The fraction of sp³-hybridized carbons (Fsp3) is 0.500. The van der Waals surface area contributed by atoms with Gasteiger partial charge < -0.3 is 0 Å². The normalized spacial score (nSPS) is 10.4. The maximum Gasteiger partial charge on any atom is -0.147 e. The van der Waals surface area contributed by atoms with Gasteiger partial charge in [0.05, 0.1) is 0 Å². The Morgan fingerprint density at radius 3 is 1.57 bits per heavy atom. The fourth-order valence-electron chi connectivity index (χ4n) is 1.55. The molecule has 0 amide bonds. The van der Waals surface area contributed by atoms with E-state index in [9.17, 15) is 0 Å². The first-order chi connectivity index (χ1) is 6.04. The summed E-state index contributed by atoms with van der Waals surface area (Å²) >= 11 is 2.24. The van der Waals surface area contributed by atoms with Crippen LogP contribution in [0.3, 0.4) is 0 Å². The molecule has 0 aliphatic heterocycles. The average molecular weight is 246 g/mol. The molecule has 0 radical (unpaired) electrons. The van der Waals surface area contributed by atoms with E-state index in [0.717, 1.165) is 0 Å². The molecule has 0 heterocycles. The summed E-state index contributed by atoms with van der Waals surface area (Å²) in [5.74, 6) is 1.28. The minimum absolute atomic E-state index is 0. The predicted octanol–water partition coefficient (Wildman–Crippen LogP) is 3.53. The van der Waals surface area contributed by atoms with Crippen molar-refractivity contribution in [1.29, 1.82) is 0 Å². The number of benzene rings is 1. The van der Waals surface area contributed by atoms with Crippen LogP contribution in [0.4, 0.5) is 0 Å². The molecule has 0 bridgehead atoms. The van der Waals surface area contributed by atoms with Crippen molar-refractivity contribution < 1.29 is 20.4 Å². The molecule has 1 rings (SSSR count). The first-order valence-corrected chi connectivity index (χ1v) is 5.66. The van der Waals surface area contributed by atoms with Crippen LogP contribution in [-0.2, 0) is 20.4 Å². The largest absolute Gasteiger partial charge is 0.147 e. The molecule has 0 saturated heterocycles. The van der Waals surface area contributed by atoms with Crippen LogP contribution in [0.1, 0.15) is 50.7 Å². The number of hydrogen-bond donors (Lipinski definition) is 0. The third-order valence-corrected chi connectivity index (χ3v) is 3.27. The summed E-state index contributed by atoms with van der Waals surface area (Å²) < 4.78 is 1.48. The summed E-state index contributed by atoms with van der Waals surface area (Å²) in [5.41, 5.74) is 2.98.